The summed E-state index contributed by atoms with van der Waals surface area (Å²) in [5.74, 6) is 0.0748. The number of nitrogens with one attached hydrogen (secondary N) is 1. The molecule has 0 aliphatic carbocycles. The van der Waals surface area contributed by atoms with E-state index in [2.05, 4.69) is 10.3 Å². The molecule has 2 amide bonds. The van der Waals surface area contributed by atoms with Crippen LogP contribution in [-0.4, -0.2) is 39.4 Å². The third kappa shape index (κ3) is 3.11. The van der Waals surface area contributed by atoms with Gasteiger partial charge in [-0.05, 0) is 56.7 Å². The zero-order valence-electron chi connectivity index (χ0n) is 15.1. The first-order valence-electron chi connectivity index (χ1n) is 9.40. The molecule has 1 fully saturated rings. The van der Waals surface area contributed by atoms with Gasteiger partial charge in [-0.15, -0.1) is 0 Å². The highest BCUT2D eigenvalue weighted by molar-refractivity contribution is 6.03. The van der Waals surface area contributed by atoms with Crippen molar-refractivity contribution in [3.8, 4) is 0 Å². The van der Waals surface area contributed by atoms with Crippen LogP contribution in [0.3, 0.4) is 0 Å². The average molecular weight is 352 g/mol. The summed E-state index contributed by atoms with van der Waals surface area (Å²) >= 11 is 0. The summed E-state index contributed by atoms with van der Waals surface area (Å²) in [4.78, 5) is 32.1. The molecule has 0 radical (unpaired) electrons. The molecule has 0 spiro atoms. The summed E-state index contributed by atoms with van der Waals surface area (Å²) in [5, 5.41) is 2.92. The topological polar surface area (TPSA) is 67.2 Å². The van der Waals surface area contributed by atoms with Gasteiger partial charge in [0.1, 0.15) is 5.69 Å². The molecule has 2 aliphatic heterocycles. The van der Waals surface area contributed by atoms with E-state index in [0.29, 0.717) is 11.5 Å². The number of aryl methyl sites for hydroxylation is 1. The van der Waals surface area contributed by atoms with Gasteiger partial charge in [-0.3, -0.25) is 9.59 Å². The Labute approximate surface area is 153 Å². The number of imidazole rings is 1. The van der Waals surface area contributed by atoms with E-state index in [-0.39, 0.29) is 11.8 Å². The Balaban J connectivity index is 1.65. The van der Waals surface area contributed by atoms with Gasteiger partial charge in [-0.25, -0.2) is 4.98 Å². The van der Waals surface area contributed by atoms with Crippen molar-refractivity contribution in [2.24, 2.45) is 0 Å². The number of carbonyl (C=O) groups is 2. The summed E-state index contributed by atoms with van der Waals surface area (Å²) in [6.45, 7) is 4.30. The molecule has 3 heterocycles. The number of carbonyl (C=O) groups excluding carboxylic acids is 2. The lowest BCUT2D eigenvalue weighted by Crippen LogP contribution is -2.29. The molecule has 0 atom stereocenters. The molecule has 2 aromatic rings. The molecule has 6 heteroatoms. The van der Waals surface area contributed by atoms with Gasteiger partial charge in [0.05, 0.1) is 5.69 Å². The van der Waals surface area contributed by atoms with Gasteiger partial charge in [-0.2, -0.15) is 0 Å². The second kappa shape index (κ2) is 6.94. The van der Waals surface area contributed by atoms with Crippen LogP contribution in [0.4, 0.5) is 5.69 Å². The van der Waals surface area contributed by atoms with Crippen LogP contribution in [0.2, 0.25) is 0 Å². The van der Waals surface area contributed by atoms with E-state index in [1.54, 1.807) is 0 Å². The SMILES string of the molecule is Cc1cccc(NC(=O)c2nc(C(=O)N3CCCC3)c3n2CCCC3)c1. The molecule has 4 rings (SSSR count). The Hall–Kier alpha value is -2.63. The molecule has 0 bridgehead atoms. The van der Waals surface area contributed by atoms with E-state index in [0.717, 1.165) is 68.7 Å². The maximum Gasteiger partial charge on any atom is 0.291 e. The van der Waals surface area contributed by atoms with Crippen LogP contribution in [-0.2, 0) is 13.0 Å². The second-order valence-electron chi connectivity index (χ2n) is 7.16. The Morgan fingerprint density at radius 3 is 2.62 bits per heavy atom. The molecule has 136 valence electrons. The molecule has 1 aromatic heterocycles. The highest BCUT2D eigenvalue weighted by Crippen LogP contribution is 2.24. The fourth-order valence-corrected chi connectivity index (χ4v) is 3.87. The summed E-state index contributed by atoms with van der Waals surface area (Å²) in [5.41, 5.74) is 3.22. The fourth-order valence-electron chi connectivity index (χ4n) is 3.87. The summed E-state index contributed by atoms with van der Waals surface area (Å²) in [6.07, 6.45) is 4.93. The molecule has 1 N–H and O–H groups in total. The highest BCUT2D eigenvalue weighted by atomic mass is 16.2. The molecular weight excluding hydrogens is 328 g/mol. The van der Waals surface area contributed by atoms with Gasteiger partial charge in [0.2, 0.25) is 0 Å². The van der Waals surface area contributed by atoms with Gasteiger partial charge in [0.15, 0.2) is 5.82 Å². The Morgan fingerprint density at radius 2 is 1.85 bits per heavy atom. The Bertz CT molecular complexity index is 849. The van der Waals surface area contributed by atoms with E-state index in [1.807, 2.05) is 40.7 Å². The largest absolute Gasteiger partial charge is 0.337 e. The van der Waals surface area contributed by atoms with Crippen molar-refractivity contribution < 1.29 is 9.59 Å². The van der Waals surface area contributed by atoms with E-state index in [9.17, 15) is 9.59 Å². The number of benzene rings is 1. The summed E-state index contributed by atoms with van der Waals surface area (Å²) < 4.78 is 1.94. The van der Waals surface area contributed by atoms with Gasteiger partial charge < -0.3 is 14.8 Å². The quantitative estimate of drug-likeness (QED) is 0.923. The maximum absolute atomic E-state index is 12.9. The number of fused-ring (bicyclic) bond motifs is 1. The van der Waals surface area contributed by atoms with Crippen LogP contribution in [0.25, 0.3) is 0 Å². The number of anilines is 1. The lowest BCUT2D eigenvalue weighted by atomic mass is 10.1. The zero-order chi connectivity index (χ0) is 18.1. The average Bonchev–Trinajstić information content (AvgIpc) is 3.29. The zero-order valence-corrected chi connectivity index (χ0v) is 15.1. The minimum Gasteiger partial charge on any atom is -0.337 e. The third-order valence-electron chi connectivity index (χ3n) is 5.19. The minimum absolute atomic E-state index is 0.0252. The monoisotopic (exact) mass is 352 g/mol. The van der Waals surface area contributed by atoms with Gasteiger partial charge in [0, 0.05) is 25.3 Å². The number of hydrogen-bond acceptors (Lipinski definition) is 3. The van der Waals surface area contributed by atoms with E-state index in [4.69, 9.17) is 0 Å². The van der Waals surface area contributed by atoms with Crippen LogP contribution < -0.4 is 5.32 Å². The molecule has 1 saturated heterocycles. The van der Waals surface area contributed by atoms with E-state index in [1.165, 1.54) is 0 Å². The molecule has 6 nitrogen and oxygen atoms in total. The van der Waals surface area contributed by atoms with Crippen molar-refractivity contribution in [2.45, 2.75) is 45.6 Å². The Kier molecular flexibility index (Phi) is 4.49. The maximum atomic E-state index is 12.9. The predicted octanol–water partition coefficient (Wildman–Crippen LogP) is 3.02. The molecular formula is C20H24N4O2. The molecule has 1 aromatic carbocycles. The van der Waals surface area contributed by atoms with Crippen LogP contribution in [0, 0.1) is 6.92 Å². The van der Waals surface area contributed by atoms with Crippen LogP contribution >= 0.6 is 0 Å². The fraction of sp³-hybridized carbons (Fsp3) is 0.450. The van der Waals surface area contributed by atoms with Gasteiger partial charge >= 0.3 is 0 Å². The molecule has 2 aliphatic rings. The smallest absolute Gasteiger partial charge is 0.291 e. The first-order chi connectivity index (χ1) is 12.6. The molecule has 0 saturated carbocycles. The van der Waals surface area contributed by atoms with Crippen molar-refractivity contribution in [2.75, 3.05) is 18.4 Å². The number of likely N-dealkylation sites (tertiary alicyclic amines) is 1. The van der Waals surface area contributed by atoms with E-state index >= 15 is 0 Å². The van der Waals surface area contributed by atoms with Crippen molar-refractivity contribution >= 4 is 17.5 Å². The van der Waals surface area contributed by atoms with Crippen molar-refractivity contribution in [1.82, 2.24) is 14.5 Å². The number of aromatic nitrogens is 2. The van der Waals surface area contributed by atoms with Gasteiger partial charge in [0.25, 0.3) is 11.8 Å². The number of nitrogens with zero attached hydrogens (tertiary/aromatic N) is 3. The molecule has 0 unspecified atom stereocenters. The first kappa shape index (κ1) is 16.8. The van der Waals surface area contributed by atoms with Crippen LogP contribution in [0.5, 0.6) is 0 Å². The standard InChI is InChI=1S/C20H24N4O2/c1-14-7-6-8-15(13-14)21-19(25)18-22-17(16-9-2-3-12-24(16)18)20(26)23-10-4-5-11-23/h6-8,13H,2-5,9-12H2,1H3,(H,21,25). The summed E-state index contributed by atoms with van der Waals surface area (Å²) in [6, 6.07) is 7.68. The lowest BCUT2D eigenvalue weighted by Gasteiger charge is -2.18. The Morgan fingerprint density at radius 1 is 1.08 bits per heavy atom. The van der Waals surface area contributed by atoms with E-state index < -0.39 is 0 Å². The first-order valence-corrected chi connectivity index (χ1v) is 9.40. The highest BCUT2D eigenvalue weighted by Gasteiger charge is 2.30. The second-order valence-corrected chi connectivity index (χ2v) is 7.16. The normalized spacial score (nSPS) is 16.4. The van der Waals surface area contributed by atoms with Crippen molar-refractivity contribution in [3.63, 3.8) is 0 Å². The number of hydrogen-bond donors (Lipinski definition) is 1. The number of amides is 2. The minimum atomic E-state index is -0.251. The van der Waals surface area contributed by atoms with Gasteiger partial charge in [-0.1, -0.05) is 12.1 Å². The number of rotatable bonds is 3. The van der Waals surface area contributed by atoms with Crippen molar-refractivity contribution in [3.05, 3.63) is 47.0 Å². The van der Waals surface area contributed by atoms with Crippen LogP contribution in [0.15, 0.2) is 24.3 Å². The van der Waals surface area contributed by atoms with Crippen molar-refractivity contribution in [1.29, 1.82) is 0 Å². The van der Waals surface area contributed by atoms with Crippen LogP contribution in [0.1, 0.15) is 58.0 Å². The lowest BCUT2D eigenvalue weighted by molar-refractivity contribution is 0.0786. The molecule has 26 heavy (non-hydrogen) atoms. The third-order valence-corrected chi connectivity index (χ3v) is 5.19. The summed E-state index contributed by atoms with van der Waals surface area (Å²) in [7, 11) is 0. The predicted molar refractivity (Wildman–Crippen MR) is 99.4 cm³/mol.